The van der Waals surface area contributed by atoms with Crippen LogP contribution in [-0.4, -0.2) is 25.8 Å². The van der Waals surface area contributed by atoms with Crippen LogP contribution in [0.3, 0.4) is 0 Å². The van der Waals surface area contributed by atoms with Crippen molar-refractivity contribution in [1.29, 1.82) is 0 Å². The van der Waals surface area contributed by atoms with Crippen LogP contribution in [0.15, 0.2) is 42.5 Å². The first-order valence-corrected chi connectivity index (χ1v) is 9.75. The lowest BCUT2D eigenvalue weighted by atomic mass is 10.1. The molecule has 0 unspecified atom stereocenters. The van der Waals surface area contributed by atoms with Crippen molar-refractivity contribution in [2.24, 2.45) is 0 Å². The molecular weight excluding hydrogens is 324 g/mol. The summed E-state index contributed by atoms with van der Waals surface area (Å²) >= 11 is 0. The third-order valence-electron chi connectivity index (χ3n) is 3.75. The van der Waals surface area contributed by atoms with Gasteiger partial charge in [-0.2, -0.15) is 0 Å². The van der Waals surface area contributed by atoms with Gasteiger partial charge in [-0.1, -0.05) is 18.2 Å². The minimum absolute atomic E-state index is 0.229. The molecule has 0 spiro atoms. The first-order chi connectivity index (χ1) is 11.2. The van der Waals surface area contributed by atoms with E-state index in [2.05, 4.69) is 17.0 Å². The van der Waals surface area contributed by atoms with E-state index in [4.69, 9.17) is 0 Å². The van der Waals surface area contributed by atoms with Gasteiger partial charge in [-0.05, 0) is 62.1 Å². The zero-order chi connectivity index (χ0) is 17.7. The van der Waals surface area contributed by atoms with Gasteiger partial charge in [0.25, 0.3) is 0 Å². The second-order valence-electron chi connectivity index (χ2n) is 6.15. The Morgan fingerprint density at radius 3 is 2.42 bits per heavy atom. The minimum Gasteiger partial charge on any atom is -0.508 e. The van der Waals surface area contributed by atoms with Gasteiger partial charge in [0.1, 0.15) is 5.75 Å². The van der Waals surface area contributed by atoms with E-state index in [-0.39, 0.29) is 11.8 Å². The summed E-state index contributed by atoms with van der Waals surface area (Å²) in [6.45, 7) is 3.95. The summed E-state index contributed by atoms with van der Waals surface area (Å²) < 4.78 is 25.4. The van der Waals surface area contributed by atoms with Crippen LogP contribution < -0.4 is 10.0 Å². The van der Waals surface area contributed by atoms with E-state index in [1.54, 1.807) is 12.1 Å². The zero-order valence-corrected chi connectivity index (χ0v) is 15.0. The van der Waals surface area contributed by atoms with Crippen molar-refractivity contribution in [3.63, 3.8) is 0 Å². The average Bonchev–Trinajstić information content (AvgIpc) is 2.49. The van der Waals surface area contributed by atoms with Crippen molar-refractivity contribution in [3.05, 3.63) is 53.6 Å². The molecule has 0 aliphatic rings. The number of sulfonamides is 1. The highest BCUT2D eigenvalue weighted by molar-refractivity contribution is 7.92. The molecule has 3 N–H and O–H groups in total. The van der Waals surface area contributed by atoms with Gasteiger partial charge in [-0.15, -0.1) is 0 Å². The zero-order valence-electron chi connectivity index (χ0n) is 14.2. The molecule has 0 heterocycles. The summed E-state index contributed by atoms with van der Waals surface area (Å²) in [6.07, 6.45) is 2.97. The van der Waals surface area contributed by atoms with Crippen molar-refractivity contribution in [3.8, 4) is 5.75 Å². The molecule has 0 saturated carbocycles. The number of hydrogen-bond donors (Lipinski definition) is 3. The molecule has 130 valence electrons. The molecule has 0 saturated heterocycles. The number of phenolic OH excluding ortho intramolecular Hbond substituents is 1. The van der Waals surface area contributed by atoms with Gasteiger partial charge in [0.15, 0.2) is 0 Å². The van der Waals surface area contributed by atoms with Crippen molar-refractivity contribution >= 4 is 21.4 Å². The molecule has 6 heteroatoms. The highest BCUT2D eigenvalue weighted by Crippen LogP contribution is 2.22. The molecule has 1 atom stereocenters. The third kappa shape index (κ3) is 5.77. The number of aryl methyl sites for hydroxylation is 2. The SMILES string of the molecule is Cc1ccc(N[C@H](C)CCc2ccc(O)cc2)cc1NS(C)(=O)=O. The second-order valence-corrected chi connectivity index (χ2v) is 7.90. The smallest absolute Gasteiger partial charge is 0.229 e. The summed E-state index contributed by atoms with van der Waals surface area (Å²) in [5, 5.41) is 12.7. The van der Waals surface area contributed by atoms with E-state index in [9.17, 15) is 13.5 Å². The fraction of sp³-hybridized carbons (Fsp3) is 0.333. The predicted octanol–water partition coefficient (Wildman–Crippen LogP) is 3.51. The lowest BCUT2D eigenvalue weighted by Crippen LogP contribution is -2.16. The quantitative estimate of drug-likeness (QED) is 0.715. The first-order valence-electron chi connectivity index (χ1n) is 7.86. The Hall–Kier alpha value is -2.21. The largest absolute Gasteiger partial charge is 0.508 e. The summed E-state index contributed by atoms with van der Waals surface area (Å²) in [5.41, 5.74) is 3.52. The maximum Gasteiger partial charge on any atom is 0.229 e. The molecule has 0 fully saturated rings. The van der Waals surface area contributed by atoms with E-state index >= 15 is 0 Å². The topological polar surface area (TPSA) is 78.4 Å². The number of rotatable bonds is 7. The summed E-state index contributed by atoms with van der Waals surface area (Å²) in [7, 11) is -3.29. The number of nitrogens with one attached hydrogen (secondary N) is 2. The molecular formula is C18H24N2O3S. The first kappa shape index (κ1) is 18.1. The lowest BCUT2D eigenvalue weighted by Gasteiger charge is -2.17. The van der Waals surface area contributed by atoms with E-state index in [1.807, 2.05) is 37.3 Å². The predicted molar refractivity (Wildman–Crippen MR) is 99.2 cm³/mol. The van der Waals surface area contributed by atoms with Gasteiger partial charge in [-0.25, -0.2) is 8.42 Å². The molecule has 2 aromatic rings. The van der Waals surface area contributed by atoms with E-state index in [0.29, 0.717) is 5.69 Å². The highest BCUT2D eigenvalue weighted by Gasteiger charge is 2.08. The molecule has 0 aliphatic heterocycles. The normalized spacial score (nSPS) is 12.6. The Labute approximate surface area is 143 Å². The van der Waals surface area contributed by atoms with Crippen LogP contribution in [-0.2, 0) is 16.4 Å². The van der Waals surface area contributed by atoms with Gasteiger partial charge in [-0.3, -0.25) is 4.72 Å². The van der Waals surface area contributed by atoms with Crippen LogP contribution in [0, 0.1) is 6.92 Å². The van der Waals surface area contributed by atoms with Crippen molar-refractivity contribution in [1.82, 2.24) is 0 Å². The van der Waals surface area contributed by atoms with Gasteiger partial charge < -0.3 is 10.4 Å². The fourth-order valence-corrected chi connectivity index (χ4v) is 3.04. The molecule has 0 radical (unpaired) electrons. The van der Waals surface area contributed by atoms with Crippen molar-refractivity contribution < 1.29 is 13.5 Å². The fourth-order valence-electron chi connectivity index (χ4n) is 2.42. The third-order valence-corrected chi connectivity index (χ3v) is 4.34. The Balaban J connectivity index is 1.97. The molecule has 24 heavy (non-hydrogen) atoms. The van der Waals surface area contributed by atoms with Gasteiger partial charge in [0.05, 0.1) is 11.9 Å². The average molecular weight is 348 g/mol. The van der Waals surface area contributed by atoms with Crippen LogP contribution in [0.5, 0.6) is 5.75 Å². The number of aromatic hydroxyl groups is 1. The van der Waals surface area contributed by atoms with Gasteiger partial charge in [0.2, 0.25) is 10.0 Å². The van der Waals surface area contributed by atoms with Crippen LogP contribution in [0.2, 0.25) is 0 Å². The lowest BCUT2D eigenvalue weighted by molar-refractivity contribution is 0.475. The second kappa shape index (κ2) is 7.57. The van der Waals surface area contributed by atoms with E-state index in [1.165, 1.54) is 5.56 Å². The monoisotopic (exact) mass is 348 g/mol. The molecule has 5 nitrogen and oxygen atoms in total. The highest BCUT2D eigenvalue weighted by atomic mass is 32.2. The van der Waals surface area contributed by atoms with E-state index in [0.717, 1.165) is 30.3 Å². The number of benzene rings is 2. The number of hydrogen-bond acceptors (Lipinski definition) is 4. The Kier molecular flexibility index (Phi) is 5.72. The van der Waals surface area contributed by atoms with Crippen LogP contribution in [0.4, 0.5) is 11.4 Å². The van der Waals surface area contributed by atoms with E-state index < -0.39 is 10.0 Å². The molecule has 0 aliphatic carbocycles. The summed E-state index contributed by atoms with van der Waals surface area (Å²) in [4.78, 5) is 0. The Bertz CT molecular complexity index is 786. The van der Waals surface area contributed by atoms with Crippen molar-refractivity contribution in [2.75, 3.05) is 16.3 Å². The molecule has 2 aromatic carbocycles. The Morgan fingerprint density at radius 1 is 1.12 bits per heavy atom. The van der Waals surface area contributed by atoms with Gasteiger partial charge in [0, 0.05) is 11.7 Å². The molecule has 2 rings (SSSR count). The number of phenols is 1. The standard InChI is InChI=1S/C18H24N2O3S/c1-13-4-9-16(12-18(13)20-24(3,22)23)19-14(2)5-6-15-7-10-17(21)11-8-15/h4,7-12,14,19-21H,5-6H2,1-3H3/t14-/m1/s1. The summed E-state index contributed by atoms with van der Waals surface area (Å²) in [5.74, 6) is 0.274. The summed E-state index contributed by atoms with van der Waals surface area (Å²) in [6, 6.07) is 13.1. The number of anilines is 2. The molecule has 0 bridgehead atoms. The minimum atomic E-state index is -3.29. The maximum atomic E-state index is 11.4. The molecule has 0 amide bonds. The van der Waals surface area contributed by atoms with Crippen LogP contribution in [0.25, 0.3) is 0 Å². The van der Waals surface area contributed by atoms with Gasteiger partial charge >= 0.3 is 0 Å². The maximum absolute atomic E-state index is 11.4. The van der Waals surface area contributed by atoms with Crippen LogP contribution in [0.1, 0.15) is 24.5 Å². The Morgan fingerprint density at radius 2 is 1.79 bits per heavy atom. The molecule has 0 aromatic heterocycles. The van der Waals surface area contributed by atoms with Crippen LogP contribution >= 0.6 is 0 Å². The van der Waals surface area contributed by atoms with Crippen molar-refractivity contribution in [2.45, 2.75) is 32.7 Å².